The van der Waals surface area contributed by atoms with E-state index < -0.39 is 0 Å². The van der Waals surface area contributed by atoms with Crippen molar-refractivity contribution in [3.8, 4) is 0 Å². The average molecular weight is 398 g/mol. The molecule has 1 saturated heterocycles. The summed E-state index contributed by atoms with van der Waals surface area (Å²) in [6.45, 7) is 4.37. The van der Waals surface area contributed by atoms with Gasteiger partial charge in [-0.15, -0.1) is 0 Å². The van der Waals surface area contributed by atoms with Gasteiger partial charge in [0.1, 0.15) is 11.5 Å². The normalized spacial score (nSPS) is 17.0. The number of benzene rings is 1. The Balaban J connectivity index is 1.20. The monoisotopic (exact) mass is 398 g/mol. The highest BCUT2D eigenvalue weighted by molar-refractivity contribution is 5.94. The molecule has 2 heterocycles. The maximum atomic E-state index is 12.1. The molecule has 154 valence electrons. The van der Waals surface area contributed by atoms with E-state index in [4.69, 9.17) is 9.15 Å². The van der Waals surface area contributed by atoms with E-state index in [-0.39, 0.29) is 17.9 Å². The molecule has 1 aromatic heterocycles. The number of anilines is 2. The Hall–Kier alpha value is -2.84. The number of nitrogens with one attached hydrogen (secondary N) is 3. The van der Waals surface area contributed by atoms with Gasteiger partial charge < -0.3 is 25.1 Å². The summed E-state index contributed by atoms with van der Waals surface area (Å²) in [5, 5.41) is 8.43. The molecule has 0 bridgehead atoms. The van der Waals surface area contributed by atoms with Gasteiger partial charge in [0, 0.05) is 30.4 Å². The van der Waals surface area contributed by atoms with Crippen LogP contribution in [0.3, 0.4) is 0 Å². The summed E-state index contributed by atoms with van der Waals surface area (Å²) in [4.78, 5) is 26.2. The first kappa shape index (κ1) is 19.5. The number of hydrogen-bond donors (Lipinski definition) is 3. The van der Waals surface area contributed by atoms with Crippen molar-refractivity contribution in [1.82, 2.24) is 10.2 Å². The quantitative estimate of drug-likeness (QED) is 0.667. The minimum atomic E-state index is -0.314. The lowest BCUT2D eigenvalue weighted by Crippen LogP contribution is -2.35. The van der Waals surface area contributed by atoms with Crippen molar-refractivity contribution in [3.63, 3.8) is 0 Å². The standard InChI is InChI=1S/C21H26N4O4/c26-20(15-1-2-15)23-16-3-5-17(6-4-16)24-21(27)22-13-18-7-8-19(29-18)14-25-9-11-28-12-10-25/h3-8,15H,1-2,9-14H2,(H,23,26)(H2,22,24,27). The Morgan fingerprint density at radius 1 is 0.931 bits per heavy atom. The zero-order valence-corrected chi connectivity index (χ0v) is 16.3. The molecule has 1 aliphatic carbocycles. The van der Waals surface area contributed by atoms with Gasteiger partial charge in [0.15, 0.2) is 0 Å². The number of morpholine rings is 1. The largest absolute Gasteiger partial charge is 0.463 e. The first-order chi connectivity index (χ1) is 14.2. The van der Waals surface area contributed by atoms with E-state index in [1.807, 2.05) is 12.1 Å². The summed E-state index contributed by atoms with van der Waals surface area (Å²) in [5.41, 5.74) is 1.38. The Labute approximate surface area is 169 Å². The van der Waals surface area contributed by atoms with Crippen LogP contribution in [0.25, 0.3) is 0 Å². The van der Waals surface area contributed by atoms with Crippen LogP contribution in [0.15, 0.2) is 40.8 Å². The number of urea groups is 1. The Morgan fingerprint density at radius 2 is 1.59 bits per heavy atom. The minimum absolute atomic E-state index is 0.0647. The number of carbonyl (C=O) groups excluding carboxylic acids is 2. The molecule has 0 spiro atoms. The van der Waals surface area contributed by atoms with Crippen LogP contribution < -0.4 is 16.0 Å². The number of hydrogen-bond acceptors (Lipinski definition) is 5. The van der Waals surface area contributed by atoms with E-state index in [0.717, 1.165) is 57.1 Å². The van der Waals surface area contributed by atoms with Crippen molar-refractivity contribution >= 4 is 23.3 Å². The van der Waals surface area contributed by atoms with Gasteiger partial charge in [-0.05, 0) is 49.2 Å². The molecule has 3 amide bonds. The lowest BCUT2D eigenvalue weighted by Gasteiger charge is -2.25. The van der Waals surface area contributed by atoms with Crippen LogP contribution in [0.2, 0.25) is 0 Å². The summed E-state index contributed by atoms with van der Waals surface area (Å²) in [5.74, 6) is 1.82. The van der Waals surface area contributed by atoms with E-state index in [2.05, 4.69) is 20.9 Å². The second-order valence-electron chi connectivity index (χ2n) is 7.41. The van der Waals surface area contributed by atoms with Crippen LogP contribution in [0.1, 0.15) is 24.4 Å². The highest BCUT2D eigenvalue weighted by Crippen LogP contribution is 2.30. The predicted molar refractivity (Wildman–Crippen MR) is 108 cm³/mol. The third-order valence-electron chi connectivity index (χ3n) is 4.98. The fourth-order valence-corrected chi connectivity index (χ4v) is 3.15. The minimum Gasteiger partial charge on any atom is -0.463 e. The first-order valence-corrected chi connectivity index (χ1v) is 9.99. The van der Waals surface area contributed by atoms with Crippen molar-refractivity contribution in [2.75, 3.05) is 36.9 Å². The van der Waals surface area contributed by atoms with Crippen molar-refractivity contribution in [2.24, 2.45) is 5.92 Å². The number of rotatable bonds is 7. The maximum absolute atomic E-state index is 12.1. The highest BCUT2D eigenvalue weighted by Gasteiger charge is 2.29. The number of ether oxygens (including phenoxy) is 1. The van der Waals surface area contributed by atoms with Crippen LogP contribution in [0.4, 0.5) is 16.2 Å². The molecule has 4 rings (SSSR count). The van der Waals surface area contributed by atoms with Gasteiger partial charge in [0.05, 0.1) is 26.3 Å². The molecule has 0 radical (unpaired) electrons. The molecule has 1 aromatic carbocycles. The van der Waals surface area contributed by atoms with Crippen LogP contribution in [-0.2, 0) is 22.6 Å². The number of furan rings is 1. The number of nitrogens with zero attached hydrogens (tertiary/aromatic N) is 1. The average Bonchev–Trinajstić information content (AvgIpc) is 3.49. The molecule has 1 aliphatic heterocycles. The fourth-order valence-electron chi connectivity index (χ4n) is 3.15. The van der Waals surface area contributed by atoms with Crippen LogP contribution in [-0.4, -0.2) is 43.1 Å². The van der Waals surface area contributed by atoms with Gasteiger partial charge in [-0.1, -0.05) is 0 Å². The molecular weight excluding hydrogens is 372 g/mol. The third kappa shape index (κ3) is 5.82. The summed E-state index contributed by atoms with van der Waals surface area (Å²) in [7, 11) is 0. The Kier molecular flexibility index (Phi) is 6.12. The van der Waals surface area contributed by atoms with Crippen molar-refractivity contribution in [1.29, 1.82) is 0 Å². The van der Waals surface area contributed by atoms with Crippen molar-refractivity contribution < 1.29 is 18.7 Å². The lowest BCUT2D eigenvalue weighted by molar-refractivity contribution is -0.117. The molecule has 8 heteroatoms. The van der Waals surface area contributed by atoms with Crippen LogP contribution in [0.5, 0.6) is 0 Å². The summed E-state index contributed by atoms with van der Waals surface area (Å²) >= 11 is 0. The van der Waals surface area contributed by atoms with Gasteiger partial charge in [-0.3, -0.25) is 9.69 Å². The highest BCUT2D eigenvalue weighted by atomic mass is 16.5. The van der Waals surface area contributed by atoms with E-state index in [1.165, 1.54) is 0 Å². The molecule has 2 aliphatic rings. The molecule has 29 heavy (non-hydrogen) atoms. The summed E-state index contributed by atoms with van der Waals surface area (Å²) in [6, 6.07) is 10.6. The number of amides is 3. The van der Waals surface area contributed by atoms with Gasteiger partial charge in [-0.2, -0.15) is 0 Å². The van der Waals surface area contributed by atoms with E-state index in [9.17, 15) is 9.59 Å². The van der Waals surface area contributed by atoms with Crippen LogP contribution >= 0.6 is 0 Å². The van der Waals surface area contributed by atoms with Gasteiger partial charge in [-0.25, -0.2) is 4.79 Å². The van der Waals surface area contributed by atoms with Crippen molar-refractivity contribution in [3.05, 3.63) is 47.9 Å². The summed E-state index contributed by atoms with van der Waals surface area (Å²) < 4.78 is 11.1. The predicted octanol–water partition coefficient (Wildman–Crippen LogP) is 2.78. The third-order valence-corrected chi connectivity index (χ3v) is 4.98. The van der Waals surface area contributed by atoms with Crippen molar-refractivity contribution in [2.45, 2.75) is 25.9 Å². The lowest BCUT2D eigenvalue weighted by atomic mass is 10.2. The molecular formula is C21H26N4O4. The second kappa shape index (κ2) is 9.11. The maximum Gasteiger partial charge on any atom is 0.319 e. The second-order valence-corrected chi connectivity index (χ2v) is 7.41. The molecule has 0 atom stereocenters. The fraction of sp³-hybridized carbons (Fsp3) is 0.429. The number of carbonyl (C=O) groups is 2. The van der Waals surface area contributed by atoms with E-state index >= 15 is 0 Å². The van der Waals surface area contributed by atoms with Gasteiger partial charge in [0.2, 0.25) is 5.91 Å². The smallest absolute Gasteiger partial charge is 0.319 e. The van der Waals surface area contributed by atoms with Crippen LogP contribution in [0, 0.1) is 5.92 Å². The first-order valence-electron chi connectivity index (χ1n) is 9.99. The molecule has 0 unspecified atom stereocenters. The van der Waals surface area contributed by atoms with E-state index in [0.29, 0.717) is 18.0 Å². The molecule has 1 saturated carbocycles. The molecule has 3 N–H and O–H groups in total. The Bertz CT molecular complexity index is 839. The van der Waals surface area contributed by atoms with E-state index in [1.54, 1.807) is 24.3 Å². The zero-order chi connectivity index (χ0) is 20.1. The topological polar surface area (TPSA) is 95.8 Å². The SMILES string of the molecule is O=C(NCc1ccc(CN2CCOCC2)o1)Nc1ccc(NC(=O)C2CC2)cc1. The van der Waals surface area contributed by atoms with Gasteiger partial charge >= 0.3 is 6.03 Å². The molecule has 8 nitrogen and oxygen atoms in total. The molecule has 2 aromatic rings. The Morgan fingerprint density at radius 3 is 2.28 bits per heavy atom. The van der Waals surface area contributed by atoms with Gasteiger partial charge in [0.25, 0.3) is 0 Å². The molecule has 2 fully saturated rings. The zero-order valence-electron chi connectivity index (χ0n) is 16.3. The summed E-state index contributed by atoms with van der Waals surface area (Å²) in [6.07, 6.45) is 1.94.